The molecule has 1 amide bonds. The molecule has 0 fully saturated rings. The van der Waals surface area contributed by atoms with Crippen LogP contribution in [0.25, 0.3) is 11.0 Å². The van der Waals surface area contributed by atoms with Crippen LogP contribution in [-0.4, -0.2) is 50.3 Å². The summed E-state index contributed by atoms with van der Waals surface area (Å²) in [4.78, 5) is 12.1. The van der Waals surface area contributed by atoms with Gasteiger partial charge in [-0.15, -0.1) is 0 Å². The Hall–Kier alpha value is -1.99. The maximum atomic E-state index is 12.1. The second-order valence-corrected chi connectivity index (χ2v) is 4.43. The van der Waals surface area contributed by atoms with E-state index in [0.717, 1.165) is 0 Å². The first kappa shape index (κ1) is 13.4. The molecular formula is C12H16N4O3. The first-order chi connectivity index (χ1) is 9.14. The number of aliphatic hydroxyl groups is 2. The van der Waals surface area contributed by atoms with Crippen LogP contribution in [0, 0.1) is 0 Å². The van der Waals surface area contributed by atoms with Crippen LogP contribution in [0.4, 0.5) is 0 Å². The average molecular weight is 264 g/mol. The minimum absolute atomic E-state index is 0.321. The Kier molecular flexibility index (Phi) is 3.77. The molecule has 1 aromatic carbocycles. The SMILES string of the molecule is CCC(CO)(CO)NC(=O)c1ccc2n[nH]nc2c1. The number of aliphatic hydroxyl groups excluding tert-OH is 2. The third kappa shape index (κ3) is 2.56. The van der Waals surface area contributed by atoms with Crippen molar-refractivity contribution in [1.82, 2.24) is 20.7 Å². The van der Waals surface area contributed by atoms with Gasteiger partial charge in [0.25, 0.3) is 5.91 Å². The third-order valence-electron chi connectivity index (χ3n) is 3.24. The Bertz CT molecular complexity index is 569. The van der Waals surface area contributed by atoms with Crippen molar-refractivity contribution in [2.45, 2.75) is 18.9 Å². The van der Waals surface area contributed by atoms with Crippen LogP contribution >= 0.6 is 0 Å². The Labute approximate surface area is 109 Å². The summed E-state index contributed by atoms with van der Waals surface area (Å²) in [5.74, 6) is -0.366. The number of nitrogens with zero attached hydrogens (tertiary/aromatic N) is 2. The lowest BCUT2D eigenvalue weighted by atomic mass is 9.98. The molecule has 2 rings (SSSR count). The topological polar surface area (TPSA) is 111 Å². The van der Waals surface area contributed by atoms with E-state index in [4.69, 9.17) is 0 Å². The number of aromatic nitrogens is 3. The lowest BCUT2D eigenvalue weighted by Gasteiger charge is -2.29. The molecule has 102 valence electrons. The molecule has 7 nitrogen and oxygen atoms in total. The molecule has 0 saturated carbocycles. The second-order valence-electron chi connectivity index (χ2n) is 4.43. The summed E-state index contributed by atoms with van der Waals surface area (Å²) < 4.78 is 0. The molecule has 0 radical (unpaired) electrons. The Morgan fingerprint density at radius 3 is 2.63 bits per heavy atom. The van der Waals surface area contributed by atoms with Gasteiger partial charge in [-0.1, -0.05) is 6.92 Å². The van der Waals surface area contributed by atoms with E-state index in [9.17, 15) is 15.0 Å². The second kappa shape index (κ2) is 5.33. The van der Waals surface area contributed by atoms with Crippen molar-refractivity contribution in [3.05, 3.63) is 23.8 Å². The van der Waals surface area contributed by atoms with Crippen LogP contribution in [-0.2, 0) is 0 Å². The zero-order chi connectivity index (χ0) is 13.9. The molecule has 2 aromatic rings. The van der Waals surface area contributed by atoms with Gasteiger partial charge in [0, 0.05) is 5.56 Å². The van der Waals surface area contributed by atoms with Gasteiger partial charge >= 0.3 is 0 Å². The highest BCUT2D eigenvalue weighted by Crippen LogP contribution is 2.13. The average Bonchev–Trinajstić information content (AvgIpc) is 2.92. The monoisotopic (exact) mass is 264 g/mol. The van der Waals surface area contributed by atoms with Gasteiger partial charge in [-0.25, -0.2) is 0 Å². The molecule has 0 aliphatic carbocycles. The van der Waals surface area contributed by atoms with Crippen molar-refractivity contribution in [3.63, 3.8) is 0 Å². The maximum absolute atomic E-state index is 12.1. The molecule has 0 aliphatic rings. The minimum atomic E-state index is -1.00. The summed E-state index contributed by atoms with van der Waals surface area (Å²) in [6.45, 7) is 1.14. The molecule has 4 N–H and O–H groups in total. The number of carbonyl (C=O) groups excluding carboxylic acids is 1. The number of aromatic amines is 1. The van der Waals surface area contributed by atoms with Crippen LogP contribution < -0.4 is 5.32 Å². The van der Waals surface area contributed by atoms with Crippen molar-refractivity contribution < 1.29 is 15.0 Å². The van der Waals surface area contributed by atoms with Crippen LogP contribution in [0.5, 0.6) is 0 Å². The predicted molar refractivity (Wildman–Crippen MR) is 68.5 cm³/mol. The van der Waals surface area contributed by atoms with Gasteiger partial charge in [-0.2, -0.15) is 15.4 Å². The van der Waals surface area contributed by atoms with Gasteiger partial charge in [0.2, 0.25) is 0 Å². The number of rotatable bonds is 5. The highest BCUT2D eigenvalue weighted by Gasteiger charge is 2.29. The van der Waals surface area contributed by atoms with E-state index in [1.807, 2.05) is 0 Å². The summed E-state index contributed by atoms with van der Waals surface area (Å²) in [5.41, 5.74) is 0.655. The molecule has 1 aromatic heterocycles. The Balaban J connectivity index is 2.23. The van der Waals surface area contributed by atoms with E-state index < -0.39 is 5.54 Å². The Morgan fingerprint density at radius 2 is 2.00 bits per heavy atom. The van der Waals surface area contributed by atoms with E-state index >= 15 is 0 Å². The zero-order valence-electron chi connectivity index (χ0n) is 10.6. The molecule has 7 heteroatoms. The summed E-state index contributed by atoms with van der Waals surface area (Å²) in [7, 11) is 0. The normalized spacial score (nSPS) is 11.7. The van der Waals surface area contributed by atoms with E-state index in [1.54, 1.807) is 25.1 Å². The molecule has 19 heavy (non-hydrogen) atoms. The first-order valence-corrected chi connectivity index (χ1v) is 5.99. The number of carbonyl (C=O) groups is 1. The fourth-order valence-electron chi connectivity index (χ4n) is 1.74. The van der Waals surface area contributed by atoms with Crippen LogP contribution in [0.15, 0.2) is 18.2 Å². The fraction of sp³-hybridized carbons (Fsp3) is 0.417. The highest BCUT2D eigenvalue weighted by atomic mass is 16.3. The maximum Gasteiger partial charge on any atom is 0.251 e. The van der Waals surface area contributed by atoms with Gasteiger partial charge in [-0.05, 0) is 24.6 Å². The first-order valence-electron chi connectivity index (χ1n) is 5.99. The van der Waals surface area contributed by atoms with Crippen molar-refractivity contribution >= 4 is 16.9 Å². The molecule has 0 aliphatic heterocycles. The number of fused-ring (bicyclic) bond motifs is 1. The lowest BCUT2D eigenvalue weighted by Crippen LogP contribution is -2.53. The molecule has 0 bridgehead atoms. The van der Waals surface area contributed by atoms with Crippen LogP contribution in [0.1, 0.15) is 23.7 Å². The van der Waals surface area contributed by atoms with Crippen molar-refractivity contribution in [1.29, 1.82) is 0 Å². The number of benzene rings is 1. The number of nitrogens with one attached hydrogen (secondary N) is 2. The van der Waals surface area contributed by atoms with Crippen molar-refractivity contribution in [3.8, 4) is 0 Å². The van der Waals surface area contributed by atoms with Gasteiger partial charge in [0.1, 0.15) is 11.0 Å². The summed E-state index contributed by atoms with van der Waals surface area (Å²) in [5, 5.41) is 31.5. The zero-order valence-corrected chi connectivity index (χ0v) is 10.6. The quantitative estimate of drug-likeness (QED) is 0.598. The molecule has 0 spiro atoms. The standard InChI is InChI=1S/C12H16N4O3/c1-2-12(6-17,7-18)13-11(19)8-3-4-9-10(5-8)15-16-14-9/h3-5,17-18H,2,6-7H2,1H3,(H,13,19)(H,14,15,16). The molecular weight excluding hydrogens is 248 g/mol. The number of hydrogen-bond donors (Lipinski definition) is 4. The van der Waals surface area contributed by atoms with Gasteiger partial charge < -0.3 is 15.5 Å². The van der Waals surface area contributed by atoms with Gasteiger partial charge in [0.05, 0.1) is 18.8 Å². The molecule has 0 unspecified atom stereocenters. The van der Waals surface area contributed by atoms with Crippen molar-refractivity contribution in [2.75, 3.05) is 13.2 Å². The van der Waals surface area contributed by atoms with Gasteiger partial charge in [0.15, 0.2) is 0 Å². The summed E-state index contributed by atoms with van der Waals surface area (Å²) >= 11 is 0. The number of amides is 1. The molecule has 0 atom stereocenters. The molecule has 0 saturated heterocycles. The van der Waals surface area contributed by atoms with Crippen LogP contribution in [0.2, 0.25) is 0 Å². The third-order valence-corrected chi connectivity index (χ3v) is 3.24. The number of hydrogen-bond acceptors (Lipinski definition) is 5. The van der Waals surface area contributed by atoms with E-state index in [2.05, 4.69) is 20.7 Å². The van der Waals surface area contributed by atoms with Crippen molar-refractivity contribution in [2.24, 2.45) is 0 Å². The largest absolute Gasteiger partial charge is 0.394 e. The van der Waals surface area contributed by atoms with E-state index in [0.29, 0.717) is 23.0 Å². The lowest BCUT2D eigenvalue weighted by molar-refractivity contribution is 0.0653. The highest BCUT2D eigenvalue weighted by molar-refractivity contribution is 5.97. The summed E-state index contributed by atoms with van der Waals surface area (Å²) in [6.07, 6.45) is 0.429. The smallest absolute Gasteiger partial charge is 0.251 e. The van der Waals surface area contributed by atoms with E-state index in [-0.39, 0.29) is 19.1 Å². The summed E-state index contributed by atoms with van der Waals surface area (Å²) in [6, 6.07) is 4.90. The Morgan fingerprint density at radius 1 is 1.32 bits per heavy atom. The number of H-pyrrole nitrogens is 1. The molecule has 1 heterocycles. The fourth-order valence-corrected chi connectivity index (χ4v) is 1.74. The van der Waals surface area contributed by atoms with Gasteiger partial charge in [-0.3, -0.25) is 4.79 Å². The van der Waals surface area contributed by atoms with E-state index in [1.165, 1.54) is 0 Å². The predicted octanol–water partition coefficient (Wildman–Crippen LogP) is -0.179. The van der Waals surface area contributed by atoms with Crippen LogP contribution in [0.3, 0.4) is 0 Å². The minimum Gasteiger partial charge on any atom is -0.394 e.